The summed E-state index contributed by atoms with van der Waals surface area (Å²) in [5.74, 6) is 1.15. The van der Waals surface area contributed by atoms with E-state index < -0.39 is 9.84 Å². The van der Waals surface area contributed by atoms with E-state index in [1.165, 1.54) is 11.1 Å². The number of rotatable bonds is 3. The summed E-state index contributed by atoms with van der Waals surface area (Å²) in [6, 6.07) is 9.29. The number of hydrogen-bond acceptors (Lipinski definition) is 4. The zero-order valence-corrected chi connectivity index (χ0v) is 17.0. The van der Waals surface area contributed by atoms with E-state index in [0.29, 0.717) is 23.5 Å². The van der Waals surface area contributed by atoms with Crippen molar-refractivity contribution in [2.45, 2.75) is 58.2 Å². The van der Waals surface area contributed by atoms with Gasteiger partial charge in [-0.1, -0.05) is 38.1 Å². The fourth-order valence-corrected chi connectivity index (χ4v) is 5.79. The molecule has 0 aliphatic carbocycles. The van der Waals surface area contributed by atoms with Crippen molar-refractivity contribution >= 4 is 9.84 Å². The number of nitrogens with zero attached hydrogens (tertiary/aromatic N) is 2. The first kappa shape index (κ1) is 18.9. The molecule has 4 nitrogen and oxygen atoms in total. The van der Waals surface area contributed by atoms with Crippen molar-refractivity contribution in [3.05, 3.63) is 35.4 Å². The first-order valence-corrected chi connectivity index (χ1v) is 11.2. The van der Waals surface area contributed by atoms with Gasteiger partial charge < -0.3 is 0 Å². The molecule has 3 rings (SSSR count). The Bertz CT molecular complexity index is 709. The van der Waals surface area contributed by atoms with Crippen LogP contribution in [-0.2, 0) is 9.84 Å². The zero-order valence-electron chi connectivity index (χ0n) is 16.2. The van der Waals surface area contributed by atoms with Gasteiger partial charge in [0.05, 0.1) is 11.5 Å². The van der Waals surface area contributed by atoms with Crippen molar-refractivity contribution in [3.8, 4) is 0 Å². The van der Waals surface area contributed by atoms with E-state index in [1.54, 1.807) is 0 Å². The molecule has 2 fully saturated rings. The highest BCUT2D eigenvalue weighted by atomic mass is 32.2. The van der Waals surface area contributed by atoms with Crippen molar-refractivity contribution in [2.24, 2.45) is 0 Å². The van der Waals surface area contributed by atoms with E-state index >= 15 is 0 Å². The lowest BCUT2D eigenvalue weighted by atomic mass is 9.88. The van der Waals surface area contributed by atoms with E-state index in [-0.39, 0.29) is 11.6 Å². The van der Waals surface area contributed by atoms with Gasteiger partial charge in [-0.25, -0.2) is 8.42 Å². The lowest BCUT2D eigenvalue weighted by Crippen LogP contribution is -2.62. The summed E-state index contributed by atoms with van der Waals surface area (Å²) < 4.78 is 23.2. The lowest BCUT2D eigenvalue weighted by Gasteiger charge is -2.51. The van der Waals surface area contributed by atoms with E-state index in [2.05, 4.69) is 68.7 Å². The molecule has 1 aromatic rings. The van der Waals surface area contributed by atoms with Gasteiger partial charge in [0.1, 0.15) is 0 Å². The molecule has 0 aromatic heterocycles. The molecule has 1 unspecified atom stereocenters. The normalized spacial score (nSPS) is 25.9. The minimum Gasteiger partial charge on any atom is -0.295 e. The highest BCUT2D eigenvalue weighted by Gasteiger charge is 2.43. The highest BCUT2D eigenvalue weighted by Crippen LogP contribution is 2.37. The number of hydrogen-bond donors (Lipinski definition) is 0. The molecule has 140 valence electrons. The molecule has 0 bridgehead atoms. The predicted octanol–water partition coefficient (Wildman–Crippen LogP) is 3.06. The standard InChI is InChI=1S/C20H32N2O2S/c1-15(2)17-8-6-7-9-18(17)19-12-21(16-13-25(23,24)14-16)10-11-22(19)20(3,4)5/h6-9,15-16,19H,10-14H2,1-5H3. The summed E-state index contributed by atoms with van der Waals surface area (Å²) in [7, 11) is -2.78. The molecular weight excluding hydrogens is 332 g/mol. The minimum absolute atomic E-state index is 0.0898. The maximum atomic E-state index is 11.6. The fourth-order valence-electron chi connectivity index (χ4n) is 4.29. The number of benzene rings is 1. The zero-order chi connectivity index (χ0) is 18.4. The quantitative estimate of drug-likeness (QED) is 0.826. The van der Waals surface area contributed by atoms with Gasteiger partial charge in [-0.2, -0.15) is 0 Å². The van der Waals surface area contributed by atoms with Gasteiger partial charge >= 0.3 is 0 Å². The number of sulfone groups is 1. The summed E-state index contributed by atoms with van der Waals surface area (Å²) in [6.07, 6.45) is 0. The van der Waals surface area contributed by atoms with Crippen molar-refractivity contribution in [1.29, 1.82) is 0 Å². The van der Waals surface area contributed by atoms with Gasteiger partial charge in [0.25, 0.3) is 0 Å². The predicted molar refractivity (Wildman–Crippen MR) is 104 cm³/mol. The maximum absolute atomic E-state index is 11.6. The van der Waals surface area contributed by atoms with Crippen molar-refractivity contribution in [3.63, 3.8) is 0 Å². The molecule has 0 spiro atoms. The average Bonchev–Trinajstić information content (AvgIpc) is 2.51. The first-order chi connectivity index (χ1) is 11.6. The molecule has 0 radical (unpaired) electrons. The Hall–Kier alpha value is -0.910. The Kier molecular flexibility index (Phi) is 5.04. The van der Waals surface area contributed by atoms with Crippen LogP contribution in [0.3, 0.4) is 0 Å². The molecule has 2 heterocycles. The van der Waals surface area contributed by atoms with Gasteiger partial charge in [0.15, 0.2) is 9.84 Å². The largest absolute Gasteiger partial charge is 0.295 e. The number of piperazine rings is 1. The molecule has 2 aliphatic heterocycles. The summed E-state index contributed by atoms with van der Waals surface area (Å²) >= 11 is 0. The molecule has 1 atom stereocenters. The van der Waals surface area contributed by atoms with E-state index in [0.717, 1.165) is 19.6 Å². The molecule has 1 aromatic carbocycles. The van der Waals surface area contributed by atoms with Gasteiger partial charge in [0.2, 0.25) is 0 Å². The second kappa shape index (κ2) is 6.67. The second-order valence-corrected chi connectivity index (χ2v) is 11.0. The minimum atomic E-state index is -2.78. The summed E-state index contributed by atoms with van der Waals surface area (Å²) in [6.45, 7) is 14.2. The van der Waals surface area contributed by atoms with Crippen molar-refractivity contribution in [1.82, 2.24) is 9.80 Å². The van der Waals surface area contributed by atoms with Crippen LogP contribution in [0.2, 0.25) is 0 Å². The second-order valence-electron chi connectivity index (χ2n) is 8.89. The van der Waals surface area contributed by atoms with Crippen molar-refractivity contribution in [2.75, 3.05) is 31.1 Å². The topological polar surface area (TPSA) is 40.6 Å². The van der Waals surface area contributed by atoms with E-state index in [4.69, 9.17) is 0 Å². The van der Waals surface area contributed by atoms with Crippen LogP contribution in [0.25, 0.3) is 0 Å². The summed E-state index contributed by atoms with van der Waals surface area (Å²) in [5, 5.41) is 0. The molecule has 0 N–H and O–H groups in total. The van der Waals surface area contributed by atoms with E-state index in [9.17, 15) is 8.42 Å². The van der Waals surface area contributed by atoms with Gasteiger partial charge in [-0.05, 0) is 37.8 Å². The Morgan fingerprint density at radius 1 is 1.08 bits per heavy atom. The molecule has 25 heavy (non-hydrogen) atoms. The molecule has 2 aliphatic rings. The third-order valence-electron chi connectivity index (χ3n) is 5.66. The first-order valence-electron chi connectivity index (χ1n) is 9.38. The SMILES string of the molecule is CC(C)c1ccccc1C1CN(C2CS(=O)(=O)C2)CCN1C(C)(C)C. The molecule has 2 saturated heterocycles. The van der Waals surface area contributed by atoms with Gasteiger partial charge in [-0.15, -0.1) is 0 Å². The Labute approximate surface area is 153 Å². The van der Waals surface area contributed by atoms with Crippen LogP contribution < -0.4 is 0 Å². The Morgan fingerprint density at radius 3 is 2.28 bits per heavy atom. The third kappa shape index (κ3) is 3.93. The van der Waals surface area contributed by atoms with E-state index in [1.807, 2.05) is 0 Å². The fraction of sp³-hybridized carbons (Fsp3) is 0.700. The Morgan fingerprint density at radius 2 is 1.72 bits per heavy atom. The average molecular weight is 365 g/mol. The Balaban J connectivity index is 1.91. The molecule has 5 heteroatoms. The highest BCUT2D eigenvalue weighted by molar-refractivity contribution is 7.92. The van der Waals surface area contributed by atoms with Crippen LogP contribution in [0.1, 0.15) is 57.7 Å². The molecule has 0 amide bonds. The third-order valence-corrected chi connectivity index (χ3v) is 7.44. The van der Waals surface area contributed by atoms with Crippen LogP contribution in [-0.4, -0.2) is 60.9 Å². The lowest BCUT2D eigenvalue weighted by molar-refractivity contribution is -0.00321. The summed E-state index contributed by atoms with van der Waals surface area (Å²) in [4.78, 5) is 5.00. The molecule has 0 saturated carbocycles. The maximum Gasteiger partial charge on any atom is 0.153 e. The van der Waals surface area contributed by atoms with Gasteiger partial charge in [-0.3, -0.25) is 9.80 Å². The van der Waals surface area contributed by atoms with Crippen LogP contribution >= 0.6 is 0 Å². The van der Waals surface area contributed by atoms with Crippen LogP contribution in [0.4, 0.5) is 0 Å². The van der Waals surface area contributed by atoms with Crippen molar-refractivity contribution < 1.29 is 8.42 Å². The van der Waals surface area contributed by atoms with Crippen LogP contribution in [0.15, 0.2) is 24.3 Å². The van der Waals surface area contributed by atoms with Crippen LogP contribution in [0, 0.1) is 0 Å². The van der Waals surface area contributed by atoms with Crippen LogP contribution in [0.5, 0.6) is 0 Å². The molecular formula is C20H32N2O2S. The summed E-state index contributed by atoms with van der Waals surface area (Å²) in [5.41, 5.74) is 2.90. The smallest absolute Gasteiger partial charge is 0.153 e. The monoisotopic (exact) mass is 364 g/mol. The van der Waals surface area contributed by atoms with Gasteiger partial charge in [0, 0.05) is 37.3 Å².